The third-order valence-electron chi connectivity index (χ3n) is 3.79. The monoisotopic (exact) mass is 275 g/mol. The van der Waals surface area contributed by atoms with Gasteiger partial charge in [-0.3, -0.25) is 4.79 Å². The van der Waals surface area contributed by atoms with Crippen LogP contribution in [0.5, 0.6) is 0 Å². The summed E-state index contributed by atoms with van der Waals surface area (Å²) < 4.78 is 22.4. The first kappa shape index (κ1) is 15.5. The molecular formula is C13H25NO3S. The van der Waals surface area contributed by atoms with Crippen molar-refractivity contribution in [1.82, 2.24) is 4.90 Å². The van der Waals surface area contributed by atoms with Gasteiger partial charge in [-0.1, -0.05) is 19.3 Å². The lowest BCUT2D eigenvalue weighted by Crippen LogP contribution is -2.40. The van der Waals surface area contributed by atoms with Crippen molar-refractivity contribution in [2.75, 3.05) is 19.1 Å². The highest BCUT2D eigenvalue weighted by molar-refractivity contribution is 7.90. The van der Waals surface area contributed by atoms with Crippen molar-refractivity contribution in [3.8, 4) is 0 Å². The second-order valence-corrected chi connectivity index (χ2v) is 7.84. The van der Waals surface area contributed by atoms with Crippen LogP contribution in [-0.2, 0) is 14.6 Å². The minimum Gasteiger partial charge on any atom is -0.342 e. The Morgan fingerprint density at radius 2 is 1.83 bits per heavy atom. The second kappa shape index (κ2) is 6.55. The van der Waals surface area contributed by atoms with E-state index in [4.69, 9.17) is 0 Å². The summed E-state index contributed by atoms with van der Waals surface area (Å²) in [7, 11) is -1.32. The van der Waals surface area contributed by atoms with Gasteiger partial charge in [0.15, 0.2) is 0 Å². The lowest BCUT2D eigenvalue weighted by Gasteiger charge is -2.28. The number of rotatable bonds is 5. The van der Waals surface area contributed by atoms with Crippen LogP contribution < -0.4 is 0 Å². The Morgan fingerprint density at radius 1 is 1.28 bits per heavy atom. The Hall–Kier alpha value is -0.580. The van der Waals surface area contributed by atoms with Gasteiger partial charge >= 0.3 is 0 Å². The maximum Gasteiger partial charge on any atom is 0.222 e. The zero-order chi connectivity index (χ0) is 13.8. The molecule has 0 radical (unpaired) electrons. The average molecular weight is 275 g/mol. The van der Waals surface area contributed by atoms with Crippen LogP contribution in [0.1, 0.15) is 45.4 Å². The molecule has 1 unspecified atom stereocenters. The number of hydrogen-bond acceptors (Lipinski definition) is 3. The molecule has 0 aromatic carbocycles. The molecule has 1 aliphatic rings. The highest BCUT2D eigenvalue weighted by atomic mass is 32.2. The fraction of sp³-hybridized carbons (Fsp3) is 0.923. The van der Waals surface area contributed by atoms with Gasteiger partial charge in [0.25, 0.3) is 0 Å². The van der Waals surface area contributed by atoms with Crippen molar-refractivity contribution < 1.29 is 13.2 Å². The molecular weight excluding hydrogens is 250 g/mol. The summed E-state index contributed by atoms with van der Waals surface area (Å²) in [5.74, 6) is 0.622. The van der Waals surface area contributed by atoms with E-state index in [2.05, 4.69) is 0 Å². The summed E-state index contributed by atoms with van der Waals surface area (Å²) in [5, 5.41) is 0. The Balaban J connectivity index is 2.44. The largest absolute Gasteiger partial charge is 0.342 e. The van der Waals surface area contributed by atoms with E-state index in [0.717, 1.165) is 12.8 Å². The van der Waals surface area contributed by atoms with Gasteiger partial charge in [-0.25, -0.2) is 8.42 Å². The molecule has 1 aliphatic carbocycles. The zero-order valence-electron chi connectivity index (χ0n) is 11.7. The van der Waals surface area contributed by atoms with E-state index in [-0.39, 0.29) is 17.7 Å². The number of hydrogen-bond donors (Lipinski definition) is 0. The van der Waals surface area contributed by atoms with Gasteiger partial charge < -0.3 is 4.90 Å². The molecule has 1 saturated carbocycles. The van der Waals surface area contributed by atoms with Crippen molar-refractivity contribution in [3.05, 3.63) is 0 Å². The van der Waals surface area contributed by atoms with Gasteiger partial charge in [-0.15, -0.1) is 0 Å². The molecule has 0 aliphatic heterocycles. The van der Waals surface area contributed by atoms with Gasteiger partial charge in [0, 0.05) is 25.8 Å². The molecule has 1 fully saturated rings. The minimum absolute atomic E-state index is 0.0416. The molecule has 0 aromatic heterocycles. The zero-order valence-corrected chi connectivity index (χ0v) is 12.5. The van der Waals surface area contributed by atoms with Crippen LogP contribution in [-0.4, -0.2) is 44.3 Å². The summed E-state index contributed by atoms with van der Waals surface area (Å²) in [4.78, 5) is 13.7. The van der Waals surface area contributed by atoms with Crippen LogP contribution >= 0.6 is 0 Å². The number of carbonyl (C=O) groups is 1. The molecule has 0 spiro atoms. The molecule has 18 heavy (non-hydrogen) atoms. The Labute approximate surface area is 111 Å². The molecule has 4 nitrogen and oxygen atoms in total. The van der Waals surface area contributed by atoms with E-state index in [1.165, 1.54) is 25.5 Å². The highest BCUT2D eigenvalue weighted by Gasteiger charge is 2.23. The van der Waals surface area contributed by atoms with Gasteiger partial charge in [0.2, 0.25) is 5.91 Å². The predicted molar refractivity (Wildman–Crippen MR) is 73.1 cm³/mol. The fourth-order valence-corrected chi connectivity index (χ4v) is 3.68. The summed E-state index contributed by atoms with van der Waals surface area (Å²) in [6.07, 6.45) is 7.79. The lowest BCUT2D eigenvalue weighted by molar-refractivity contribution is -0.132. The van der Waals surface area contributed by atoms with E-state index >= 15 is 0 Å². The molecule has 1 atom stereocenters. The van der Waals surface area contributed by atoms with Gasteiger partial charge in [0.1, 0.15) is 9.84 Å². The number of sulfone groups is 1. The maximum atomic E-state index is 12.1. The van der Waals surface area contributed by atoms with Gasteiger partial charge in [0.05, 0.1) is 5.75 Å². The lowest BCUT2D eigenvalue weighted by atomic mass is 9.86. The Bertz CT molecular complexity index is 372. The Kier molecular flexibility index (Phi) is 5.63. The van der Waals surface area contributed by atoms with E-state index in [1.807, 2.05) is 0 Å². The van der Waals surface area contributed by atoms with Crippen molar-refractivity contribution >= 4 is 15.7 Å². The molecule has 106 valence electrons. The Morgan fingerprint density at radius 3 is 2.33 bits per heavy atom. The average Bonchev–Trinajstić information content (AvgIpc) is 2.27. The normalized spacial score (nSPS) is 19.5. The van der Waals surface area contributed by atoms with Crippen molar-refractivity contribution in [3.63, 3.8) is 0 Å². The van der Waals surface area contributed by atoms with Crippen molar-refractivity contribution in [1.29, 1.82) is 0 Å². The smallest absolute Gasteiger partial charge is 0.222 e. The molecule has 1 rings (SSSR count). The molecule has 0 heterocycles. The minimum atomic E-state index is -3.03. The predicted octanol–water partition coefficient (Wildman–Crippen LogP) is 1.85. The van der Waals surface area contributed by atoms with Crippen LogP contribution in [0.25, 0.3) is 0 Å². The first-order chi connectivity index (χ1) is 8.29. The fourth-order valence-electron chi connectivity index (χ4n) is 2.58. The number of carbonyl (C=O) groups excluding carboxylic acids is 1. The van der Waals surface area contributed by atoms with Crippen LogP contribution in [0, 0.1) is 5.92 Å². The van der Waals surface area contributed by atoms with Crippen LogP contribution in [0.15, 0.2) is 0 Å². The van der Waals surface area contributed by atoms with Gasteiger partial charge in [-0.2, -0.15) is 0 Å². The molecule has 0 aromatic rings. The topological polar surface area (TPSA) is 54.5 Å². The van der Waals surface area contributed by atoms with E-state index < -0.39 is 9.84 Å². The third kappa shape index (κ3) is 5.38. The number of nitrogens with zero attached hydrogens (tertiary/aromatic N) is 1. The third-order valence-corrected chi connectivity index (χ3v) is 4.87. The summed E-state index contributed by atoms with van der Waals surface area (Å²) in [6, 6.07) is -0.240. The van der Waals surface area contributed by atoms with Crippen molar-refractivity contribution in [2.45, 2.75) is 51.5 Å². The summed E-state index contributed by atoms with van der Waals surface area (Å²) >= 11 is 0. The first-order valence-corrected chi connectivity index (χ1v) is 8.79. The SMILES string of the molecule is CC(CS(C)(=O)=O)N(C)C(=O)CC1CCCCC1. The van der Waals surface area contributed by atoms with E-state index in [0.29, 0.717) is 12.3 Å². The van der Waals surface area contributed by atoms with E-state index in [1.54, 1.807) is 18.9 Å². The quantitative estimate of drug-likeness (QED) is 0.769. The first-order valence-electron chi connectivity index (χ1n) is 6.73. The maximum absolute atomic E-state index is 12.1. The summed E-state index contributed by atoms with van der Waals surface area (Å²) in [5.41, 5.74) is 0. The second-order valence-electron chi connectivity index (χ2n) is 5.65. The highest BCUT2D eigenvalue weighted by Crippen LogP contribution is 2.26. The number of amides is 1. The summed E-state index contributed by atoms with van der Waals surface area (Å²) in [6.45, 7) is 1.79. The molecule has 0 N–H and O–H groups in total. The van der Waals surface area contributed by atoms with E-state index in [9.17, 15) is 13.2 Å². The van der Waals surface area contributed by atoms with Crippen molar-refractivity contribution in [2.24, 2.45) is 5.92 Å². The van der Waals surface area contributed by atoms with Crippen LogP contribution in [0.3, 0.4) is 0 Å². The molecule has 0 bridgehead atoms. The van der Waals surface area contributed by atoms with Crippen LogP contribution in [0.4, 0.5) is 0 Å². The van der Waals surface area contributed by atoms with Crippen LogP contribution in [0.2, 0.25) is 0 Å². The standard InChI is InChI=1S/C13H25NO3S/c1-11(10-18(3,16)17)14(2)13(15)9-12-7-5-4-6-8-12/h11-12H,4-10H2,1-3H3. The van der Waals surface area contributed by atoms with Gasteiger partial charge in [-0.05, 0) is 25.7 Å². The molecule has 5 heteroatoms. The molecule has 1 amide bonds. The molecule has 0 saturated heterocycles.